The lowest BCUT2D eigenvalue weighted by Gasteiger charge is -2.21. The molecule has 2 aromatic carbocycles. The molecule has 0 atom stereocenters. The third-order valence-electron chi connectivity index (χ3n) is 5.35. The normalized spacial score (nSPS) is 11.1. The summed E-state index contributed by atoms with van der Waals surface area (Å²) in [5, 5.41) is 3.89. The molecule has 8 heteroatoms. The van der Waals surface area contributed by atoms with Crippen LogP contribution in [0, 0.1) is 13.8 Å². The molecule has 6 nitrogen and oxygen atoms in total. The van der Waals surface area contributed by atoms with E-state index in [4.69, 9.17) is 9.97 Å². The summed E-state index contributed by atoms with van der Waals surface area (Å²) in [5.74, 6) is 0.475. The Hall–Kier alpha value is -2.97. The molecule has 0 unspecified atom stereocenters. The van der Waals surface area contributed by atoms with Gasteiger partial charge >= 0.3 is 0 Å². The van der Waals surface area contributed by atoms with Crippen molar-refractivity contribution in [1.29, 1.82) is 0 Å². The largest absolute Gasteiger partial charge is 0.287 e. The van der Waals surface area contributed by atoms with E-state index < -0.39 is 0 Å². The van der Waals surface area contributed by atoms with Crippen molar-refractivity contribution in [2.24, 2.45) is 0 Å². The summed E-state index contributed by atoms with van der Waals surface area (Å²) in [6.07, 6.45) is 0. The Morgan fingerprint density at radius 1 is 1.12 bits per heavy atom. The number of fused-ring (bicyclic) bond motifs is 1. The Kier molecular flexibility index (Phi) is 6.43. The van der Waals surface area contributed by atoms with Crippen LogP contribution in [0.3, 0.4) is 0 Å². The van der Waals surface area contributed by atoms with Gasteiger partial charge in [0.15, 0.2) is 10.3 Å². The molecular weight excluding hydrogens is 440 g/mol. The van der Waals surface area contributed by atoms with Crippen molar-refractivity contribution in [2.75, 3.05) is 4.90 Å². The monoisotopic (exact) mass is 464 g/mol. The number of nitrogens with zero attached hydrogens (tertiary/aromatic N) is 4. The second kappa shape index (κ2) is 9.26. The molecule has 1 amide bonds. The topological polar surface area (TPSA) is 68.1 Å². The van der Waals surface area contributed by atoms with Crippen LogP contribution in [0.5, 0.6) is 0 Å². The number of thioether (sulfide) groups is 1. The highest BCUT2D eigenvalue weighted by Gasteiger charge is 2.20. The third kappa shape index (κ3) is 4.20. The number of amides is 1. The fraction of sp³-hybridized carbons (Fsp3) is 0.250. The van der Waals surface area contributed by atoms with E-state index >= 15 is 0 Å². The van der Waals surface area contributed by atoms with Crippen LogP contribution in [0.15, 0.2) is 57.8 Å². The molecule has 0 aliphatic heterocycles. The van der Waals surface area contributed by atoms with Gasteiger partial charge in [-0.1, -0.05) is 36.0 Å². The highest BCUT2D eigenvalue weighted by molar-refractivity contribution is 7.98. The van der Waals surface area contributed by atoms with Gasteiger partial charge in [0.2, 0.25) is 5.91 Å². The Morgan fingerprint density at radius 3 is 2.66 bits per heavy atom. The van der Waals surface area contributed by atoms with Crippen molar-refractivity contribution in [3.05, 3.63) is 75.0 Å². The second-order valence-corrected chi connectivity index (χ2v) is 9.22. The SMILES string of the molecule is CCn1c(SCc2csc(N(C(C)=O)c3cccc(C)c3C)n2)nc2ccccc2c1=O. The van der Waals surface area contributed by atoms with Crippen LogP contribution in [-0.4, -0.2) is 20.4 Å². The van der Waals surface area contributed by atoms with Gasteiger partial charge in [-0.25, -0.2) is 9.97 Å². The Labute approximate surface area is 194 Å². The van der Waals surface area contributed by atoms with Crippen LogP contribution < -0.4 is 10.5 Å². The van der Waals surface area contributed by atoms with Gasteiger partial charge in [0.1, 0.15) is 0 Å². The Morgan fingerprint density at radius 2 is 1.91 bits per heavy atom. The van der Waals surface area contributed by atoms with E-state index in [1.54, 1.807) is 16.4 Å². The van der Waals surface area contributed by atoms with Gasteiger partial charge < -0.3 is 0 Å². The van der Waals surface area contributed by atoms with E-state index in [0.717, 1.165) is 22.5 Å². The first-order valence-corrected chi connectivity index (χ1v) is 12.2. The molecule has 0 spiro atoms. The summed E-state index contributed by atoms with van der Waals surface area (Å²) in [6, 6.07) is 13.3. The minimum atomic E-state index is -0.0803. The van der Waals surface area contributed by atoms with Crippen LogP contribution in [-0.2, 0) is 17.1 Å². The maximum Gasteiger partial charge on any atom is 0.262 e. The van der Waals surface area contributed by atoms with Crippen molar-refractivity contribution in [2.45, 2.75) is 45.1 Å². The van der Waals surface area contributed by atoms with E-state index in [1.165, 1.54) is 23.1 Å². The zero-order valence-corrected chi connectivity index (χ0v) is 20.1. The fourth-order valence-corrected chi connectivity index (χ4v) is 5.47. The van der Waals surface area contributed by atoms with Gasteiger partial charge in [0.05, 0.1) is 22.3 Å². The lowest BCUT2D eigenvalue weighted by atomic mass is 10.1. The molecule has 32 heavy (non-hydrogen) atoms. The molecule has 0 saturated heterocycles. The summed E-state index contributed by atoms with van der Waals surface area (Å²) in [5.41, 5.74) is 4.54. The van der Waals surface area contributed by atoms with Crippen molar-refractivity contribution < 1.29 is 4.79 Å². The average Bonchev–Trinajstić information content (AvgIpc) is 3.24. The molecule has 0 radical (unpaired) electrons. The van der Waals surface area contributed by atoms with Crippen LogP contribution >= 0.6 is 23.1 Å². The fourth-order valence-electron chi connectivity index (χ4n) is 3.53. The van der Waals surface area contributed by atoms with Crippen molar-refractivity contribution in [1.82, 2.24) is 14.5 Å². The molecule has 0 saturated carbocycles. The van der Waals surface area contributed by atoms with Crippen molar-refractivity contribution in [3.63, 3.8) is 0 Å². The molecule has 164 valence electrons. The first-order valence-electron chi connectivity index (χ1n) is 10.3. The molecule has 2 aromatic heterocycles. The summed E-state index contributed by atoms with van der Waals surface area (Å²) in [7, 11) is 0. The number of hydrogen-bond donors (Lipinski definition) is 0. The van der Waals surface area contributed by atoms with Crippen LogP contribution in [0.2, 0.25) is 0 Å². The van der Waals surface area contributed by atoms with E-state index in [1.807, 2.05) is 68.6 Å². The molecule has 0 aliphatic carbocycles. The highest BCUT2D eigenvalue weighted by atomic mass is 32.2. The minimum Gasteiger partial charge on any atom is -0.287 e. The number of hydrogen-bond acceptors (Lipinski definition) is 6. The number of carbonyl (C=O) groups is 1. The van der Waals surface area contributed by atoms with Gasteiger partial charge in [0.25, 0.3) is 5.56 Å². The molecule has 0 N–H and O–H groups in total. The first-order chi connectivity index (χ1) is 15.4. The van der Waals surface area contributed by atoms with Gasteiger partial charge in [-0.2, -0.15) is 0 Å². The molecule has 4 aromatic rings. The third-order valence-corrected chi connectivity index (χ3v) is 7.24. The standard InChI is InChI=1S/C24H24N4O2S2/c1-5-27-22(30)19-10-6-7-11-20(19)26-23(27)31-13-18-14-32-24(25-18)28(17(4)29)21-12-8-9-15(2)16(21)3/h6-12,14H,5,13H2,1-4H3. The van der Waals surface area contributed by atoms with E-state index in [-0.39, 0.29) is 11.5 Å². The molecule has 4 rings (SSSR count). The molecule has 0 aliphatic rings. The Balaban J connectivity index is 1.62. The zero-order chi connectivity index (χ0) is 22.8. The van der Waals surface area contributed by atoms with Gasteiger partial charge in [-0.15, -0.1) is 11.3 Å². The first kappa shape index (κ1) is 22.2. The smallest absolute Gasteiger partial charge is 0.262 e. The van der Waals surface area contributed by atoms with E-state index in [9.17, 15) is 9.59 Å². The second-order valence-electron chi connectivity index (χ2n) is 7.44. The molecule has 2 heterocycles. The summed E-state index contributed by atoms with van der Waals surface area (Å²) < 4.78 is 1.69. The minimum absolute atomic E-state index is 0.0303. The number of aromatic nitrogens is 3. The lowest BCUT2D eigenvalue weighted by molar-refractivity contribution is -0.115. The number of rotatable bonds is 6. The number of anilines is 2. The zero-order valence-electron chi connectivity index (χ0n) is 18.5. The number of carbonyl (C=O) groups excluding carboxylic acids is 1. The quantitative estimate of drug-likeness (QED) is 0.280. The molecular formula is C24H24N4O2S2. The number of benzene rings is 2. The highest BCUT2D eigenvalue weighted by Crippen LogP contribution is 2.33. The number of para-hydroxylation sites is 1. The maximum absolute atomic E-state index is 12.8. The predicted molar refractivity (Wildman–Crippen MR) is 132 cm³/mol. The van der Waals surface area contributed by atoms with E-state index in [0.29, 0.717) is 33.5 Å². The van der Waals surface area contributed by atoms with Gasteiger partial charge in [0, 0.05) is 24.6 Å². The van der Waals surface area contributed by atoms with Gasteiger partial charge in [-0.05, 0) is 50.1 Å². The maximum atomic E-state index is 12.8. The van der Waals surface area contributed by atoms with Crippen LogP contribution in [0.4, 0.5) is 10.8 Å². The summed E-state index contributed by atoms with van der Waals surface area (Å²) in [4.78, 5) is 36.4. The van der Waals surface area contributed by atoms with Crippen LogP contribution in [0.25, 0.3) is 10.9 Å². The van der Waals surface area contributed by atoms with Crippen molar-refractivity contribution >= 4 is 50.7 Å². The predicted octanol–water partition coefficient (Wildman–Crippen LogP) is 5.47. The number of aryl methyl sites for hydroxylation is 1. The summed E-state index contributed by atoms with van der Waals surface area (Å²) >= 11 is 2.92. The molecule has 0 fully saturated rings. The van der Waals surface area contributed by atoms with Gasteiger partial charge in [-0.3, -0.25) is 19.1 Å². The summed E-state index contributed by atoms with van der Waals surface area (Å²) in [6.45, 7) is 8.09. The van der Waals surface area contributed by atoms with Crippen LogP contribution in [0.1, 0.15) is 30.7 Å². The Bertz CT molecular complexity index is 1360. The lowest BCUT2D eigenvalue weighted by Crippen LogP contribution is -2.23. The molecule has 0 bridgehead atoms. The average molecular weight is 465 g/mol. The van der Waals surface area contributed by atoms with Crippen molar-refractivity contribution in [3.8, 4) is 0 Å². The van der Waals surface area contributed by atoms with E-state index in [2.05, 4.69) is 0 Å². The number of thiazole rings is 1.